The summed E-state index contributed by atoms with van der Waals surface area (Å²) in [4.78, 5) is 22.9. The van der Waals surface area contributed by atoms with Crippen LogP contribution in [0.25, 0.3) is 0 Å². The van der Waals surface area contributed by atoms with Gasteiger partial charge in [0.05, 0.1) is 28.2 Å². The summed E-state index contributed by atoms with van der Waals surface area (Å²) in [6.45, 7) is 4.09. The van der Waals surface area contributed by atoms with Crippen molar-refractivity contribution in [1.82, 2.24) is 14.9 Å². The molecule has 2 fully saturated rings. The Morgan fingerprint density at radius 2 is 2.33 bits per heavy atom. The average molecular weight is 361 g/mol. The molecule has 7 heteroatoms. The van der Waals surface area contributed by atoms with Gasteiger partial charge in [0.15, 0.2) is 0 Å². The van der Waals surface area contributed by atoms with Gasteiger partial charge in [-0.25, -0.2) is 4.98 Å². The molecule has 2 aromatic heterocycles. The molecule has 2 aliphatic heterocycles. The highest BCUT2D eigenvalue weighted by Crippen LogP contribution is 2.46. The maximum atomic E-state index is 12.4. The summed E-state index contributed by atoms with van der Waals surface area (Å²) in [5.74, 6) is 1.05. The first-order chi connectivity index (χ1) is 11.6. The number of amides is 1. The zero-order valence-corrected chi connectivity index (χ0v) is 15.1. The Balaban J connectivity index is 1.28. The third kappa shape index (κ3) is 3.20. The smallest absolute Gasteiger partial charge is 0.273 e. The summed E-state index contributed by atoms with van der Waals surface area (Å²) in [6, 6.07) is 5.87. The highest BCUT2D eigenvalue weighted by molar-refractivity contribution is 8.01. The lowest BCUT2D eigenvalue weighted by molar-refractivity contribution is 0.0243. The zero-order valence-electron chi connectivity index (χ0n) is 13.5. The van der Waals surface area contributed by atoms with Crippen molar-refractivity contribution in [3.63, 3.8) is 0 Å². The van der Waals surface area contributed by atoms with E-state index in [1.54, 1.807) is 6.20 Å². The van der Waals surface area contributed by atoms with Gasteiger partial charge in [0, 0.05) is 30.4 Å². The van der Waals surface area contributed by atoms with Crippen LogP contribution in [-0.2, 0) is 11.3 Å². The largest absolute Gasteiger partial charge is 0.371 e. The number of carbonyl (C=O) groups excluding carboxylic acids is 1. The minimum Gasteiger partial charge on any atom is -0.371 e. The molecular formula is C17H19N3O2S2. The van der Waals surface area contributed by atoms with Gasteiger partial charge < -0.3 is 9.64 Å². The molecule has 24 heavy (non-hydrogen) atoms. The van der Waals surface area contributed by atoms with Gasteiger partial charge in [-0.3, -0.25) is 9.78 Å². The average Bonchev–Trinajstić information content (AvgIpc) is 3.18. The number of aromatic nitrogens is 2. The quantitative estimate of drug-likeness (QED) is 0.838. The van der Waals surface area contributed by atoms with Gasteiger partial charge >= 0.3 is 0 Å². The summed E-state index contributed by atoms with van der Waals surface area (Å²) in [5.41, 5.74) is 1.55. The number of carbonyl (C=O) groups is 1. The van der Waals surface area contributed by atoms with Crippen LogP contribution in [0.2, 0.25) is 0 Å². The fourth-order valence-electron chi connectivity index (χ4n) is 3.23. The monoisotopic (exact) mass is 361 g/mol. The minimum absolute atomic E-state index is 0.0587. The number of pyridine rings is 1. The molecule has 0 saturated carbocycles. The molecule has 0 unspecified atom stereocenters. The number of ether oxygens (including phenoxy) is 1. The first-order valence-corrected chi connectivity index (χ1v) is 9.87. The van der Waals surface area contributed by atoms with Crippen LogP contribution in [0.1, 0.15) is 27.6 Å². The maximum absolute atomic E-state index is 12.4. The Hall–Kier alpha value is -1.44. The number of hydrogen-bond acceptors (Lipinski definition) is 6. The molecule has 0 N–H and O–H groups in total. The lowest BCUT2D eigenvalue weighted by Crippen LogP contribution is -2.60. The summed E-state index contributed by atoms with van der Waals surface area (Å²) in [7, 11) is 0. The second-order valence-electron chi connectivity index (χ2n) is 6.37. The van der Waals surface area contributed by atoms with Crippen LogP contribution in [-0.4, -0.2) is 50.5 Å². The fourth-order valence-corrected chi connectivity index (χ4v) is 5.37. The van der Waals surface area contributed by atoms with E-state index in [-0.39, 0.29) is 16.8 Å². The second-order valence-corrected chi connectivity index (χ2v) is 8.92. The molecule has 0 aliphatic carbocycles. The molecule has 1 spiro atoms. The van der Waals surface area contributed by atoms with E-state index in [1.165, 1.54) is 11.3 Å². The van der Waals surface area contributed by atoms with Crippen LogP contribution >= 0.6 is 23.1 Å². The Morgan fingerprint density at radius 3 is 3.04 bits per heavy atom. The molecule has 0 radical (unpaired) electrons. The summed E-state index contributed by atoms with van der Waals surface area (Å²) < 4.78 is 6.18. The number of hydrogen-bond donors (Lipinski definition) is 0. The Bertz CT molecular complexity index is 728. The van der Waals surface area contributed by atoms with E-state index in [9.17, 15) is 4.79 Å². The van der Waals surface area contributed by atoms with Crippen molar-refractivity contribution in [2.75, 3.05) is 18.8 Å². The van der Waals surface area contributed by atoms with Crippen molar-refractivity contribution in [1.29, 1.82) is 0 Å². The normalized spacial score (nSPS) is 21.9. The molecular weight excluding hydrogens is 342 g/mol. The van der Waals surface area contributed by atoms with Crippen molar-refractivity contribution in [2.45, 2.75) is 30.8 Å². The van der Waals surface area contributed by atoms with Crippen molar-refractivity contribution < 1.29 is 9.53 Å². The van der Waals surface area contributed by atoms with E-state index in [0.717, 1.165) is 36.0 Å². The minimum atomic E-state index is 0.0587. The number of aryl methyl sites for hydroxylation is 1. The molecule has 4 heterocycles. The molecule has 5 nitrogen and oxygen atoms in total. The molecule has 0 bridgehead atoms. The molecule has 0 aromatic carbocycles. The lowest BCUT2D eigenvalue weighted by Gasteiger charge is -2.47. The van der Waals surface area contributed by atoms with Crippen LogP contribution in [0.15, 0.2) is 29.8 Å². The Kier molecular flexibility index (Phi) is 4.32. The third-order valence-electron chi connectivity index (χ3n) is 4.45. The first-order valence-electron chi connectivity index (χ1n) is 8.00. The Morgan fingerprint density at radius 1 is 1.46 bits per heavy atom. The van der Waals surface area contributed by atoms with Gasteiger partial charge in [-0.2, -0.15) is 0 Å². The number of nitrogens with zero attached hydrogens (tertiary/aromatic N) is 3. The summed E-state index contributed by atoms with van der Waals surface area (Å²) in [6.07, 6.45) is 3.04. The van der Waals surface area contributed by atoms with Crippen molar-refractivity contribution in [2.24, 2.45) is 0 Å². The molecule has 2 saturated heterocycles. The standard InChI is InChI=1S/C17H19N3O2S2/c1-12-19-15(9-23-12)16(21)20-10-17(11-20)6-14(8-24-17)22-7-13-4-2-3-5-18-13/h2-5,9,14H,6-8,10-11H2,1H3/t14-/m0/s1. The fraction of sp³-hybridized carbons (Fsp3) is 0.471. The number of thiazole rings is 1. The van der Waals surface area contributed by atoms with Gasteiger partial charge in [-0.05, 0) is 25.5 Å². The zero-order chi connectivity index (χ0) is 16.6. The van der Waals surface area contributed by atoms with Crippen LogP contribution < -0.4 is 0 Å². The summed E-state index contributed by atoms with van der Waals surface area (Å²) in [5, 5.41) is 2.79. The van der Waals surface area contributed by atoms with Crippen LogP contribution in [0.4, 0.5) is 0 Å². The topological polar surface area (TPSA) is 55.3 Å². The lowest BCUT2D eigenvalue weighted by atomic mass is 9.92. The molecule has 2 aromatic rings. The van der Waals surface area contributed by atoms with Gasteiger partial charge in [-0.1, -0.05) is 6.07 Å². The molecule has 126 valence electrons. The second kappa shape index (κ2) is 6.46. The van der Waals surface area contributed by atoms with Crippen molar-refractivity contribution >= 4 is 29.0 Å². The van der Waals surface area contributed by atoms with Gasteiger partial charge in [0.1, 0.15) is 5.69 Å². The molecule has 1 atom stereocenters. The third-order valence-corrected chi connectivity index (χ3v) is 6.80. The maximum Gasteiger partial charge on any atom is 0.273 e. The van der Waals surface area contributed by atoms with E-state index >= 15 is 0 Å². The molecule has 2 aliphatic rings. The van der Waals surface area contributed by atoms with Crippen LogP contribution in [0.3, 0.4) is 0 Å². The van der Waals surface area contributed by atoms with Crippen LogP contribution in [0.5, 0.6) is 0 Å². The van der Waals surface area contributed by atoms with Crippen LogP contribution in [0, 0.1) is 6.92 Å². The first kappa shape index (κ1) is 16.1. The predicted octanol–water partition coefficient (Wildman–Crippen LogP) is 2.76. The predicted molar refractivity (Wildman–Crippen MR) is 95.4 cm³/mol. The van der Waals surface area contributed by atoms with Gasteiger partial charge in [-0.15, -0.1) is 23.1 Å². The van der Waals surface area contributed by atoms with E-state index in [4.69, 9.17) is 4.74 Å². The number of rotatable bonds is 4. The Labute approximate surface area is 149 Å². The highest BCUT2D eigenvalue weighted by atomic mass is 32.2. The van der Waals surface area contributed by atoms with Crippen molar-refractivity contribution in [3.8, 4) is 0 Å². The number of likely N-dealkylation sites (tertiary alicyclic amines) is 1. The van der Waals surface area contributed by atoms with Gasteiger partial charge in [0.2, 0.25) is 0 Å². The molecule has 4 rings (SSSR count). The van der Waals surface area contributed by atoms with Gasteiger partial charge in [0.25, 0.3) is 5.91 Å². The number of thioether (sulfide) groups is 1. The van der Waals surface area contributed by atoms with E-state index in [2.05, 4.69) is 9.97 Å². The molecule has 1 amide bonds. The van der Waals surface area contributed by atoms with E-state index in [1.807, 2.05) is 47.2 Å². The SMILES string of the molecule is Cc1nc(C(=O)N2CC3(C[C@H](OCc4ccccn4)CS3)C2)cs1. The highest BCUT2D eigenvalue weighted by Gasteiger charge is 2.51. The van der Waals surface area contributed by atoms with Crippen molar-refractivity contribution in [3.05, 3.63) is 46.2 Å². The van der Waals surface area contributed by atoms with E-state index < -0.39 is 0 Å². The summed E-state index contributed by atoms with van der Waals surface area (Å²) >= 11 is 3.46. The van der Waals surface area contributed by atoms with E-state index in [0.29, 0.717) is 12.3 Å².